The zero-order valence-electron chi connectivity index (χ0n) is 17.4. The van der Waals surface area contributed by atoms with E-state index in [-0.39, 0.29) is 10.5 Å². The van der Waals surface area contributed by atoms with E-state index < -0.39 is 27.7 Å². The van der Waals surface area contributed by atoms with Crippen LogP contribution >= 0.6 is 0 Å². The van der Waals surface area contributed by atoms with E-state index in [1.165, 1.54) is 23.5 Å². The molecule has 0 atom stereocenters. The van der Waals surface area contributed by atoms with Gasteiger partial charge in [-0.2, -0.15) is 17.5 Å². The Morgan fingerprint density at radius 1 is 1.00 bits per heavy atom. The highest BCUT2D eigenvalue weighted by Gasteiger charge is 2.30. The fourth-order valence-corrected chi connectivity index (χ4v) is 4.75. The molecule has 3 rings (SSSR count). The number of rotatable bonds is 7. The molecule has 1 aliphatic rings. The largest absolute Gasteiger partial charge is 0.497 e. The lowest BCUT2D eigenvalue weighted by atomic mass is 10.1. The summed E-state index contributed by atoms with van der Waals surface area (Å²) in [6.07, 6.45) is -4.45. The lowest BCUT2D eigenvalue weighted by molar-refractivity contribution is -0.137. The van der Waals surface area contributed by atoms with E-state index in [0.717, 1.165) is 24.3 Å². The Bertz CT molecular complexity index is 1020. The van der Waals surface area contributed by atoms with Crippen molar-refractivity contribution in [1.82, 2.24) is 14.5 Å². The molecule has 7 nitrogen and oxygen atoms in total. The Labute approximate surface area is 184 Å². The van der Waals surface area contributed by atoms with Gasteiger partial charge in [0.15, 0.2) is 0 Å². The molecule has 32 heavy (non-hydrogen) atoms. The predicted molar refractivity (Wildman–Crippen MR) is 112 cm³/mol. The van der Waals surface area contributed by atoms with Crippen LogP contribution < -0.4 is 10.1 Å². The average molecular weight is 472 g/mol. The van der Waals surface area contributed by atoms with Crippen LogP contribution in [0, 0.1) is 0 Å². The number of methoxy groups -OCH3 is 1. The quantitative estimate of drug-likeness (QED) is 0.671. The van der Waals surface area contributed by atoms with Gasteiger partial charge in [-0.25, -0.2) is 8.42 Å². The molecule has 1 fully saturated rings. The number of nitrogens with zero attached hydrogens (tertiary/aromatic N) is 2. The van der Waals surface area contributed by atoms with Crippen molar-refractivity contribution in [3.63, 3.8) is 0 Å². The summed E-state index contributed by atoms with van der Waals surface area (Å²) in [4.78, 5) is 14.4. The molecular formula is C21H24F3N3O4S. The number of hydrogen-bond donors (Lipinski definition) is 1. The lowest BCUT2D eigenvalue weighted by Gasteiger charge is -2.34. The summed E-state index contributed by atoms with van der Waals surface area (Å²) in [6.45, 7) is 2.45. The van der Waals surface area contributed by atoms with Crippen LogP contribution in [0.1, 0.15) is 15.9 Å². The summed E-state index contributed by atoms with van der Waals surface area (Å²) in [5, 5.41) is 2.68. The van der Waals surface area contributed by atoms with Gasteiger partial charge in [0.05, 0.1) is 17.6 Å². The van der Waals surface area contributed by atoms with Gasteiger partial charge < -0.3 is 10.1 Å². The summed E-state index contributed by atoms with van der Waals surface area (Å²) in [7, 11) is -2.08. The average Bonchev–Trinajstić information content (AvgIpc) is 2.79. The van der Waals surface area contributed by atoms with Gasteiger partial charge in [-0.05, 0) is 48.5 Å². The summed E-state index contributed by atoms with van der Waals surface area (Å²) in [6, 6.07) is 10.2. The van der Waals surface area contributed by atoms with E-state index in [1.807, 2.05) is 4.90 Å². The van der Waals surface area contributed by atoms with E-state index in [0.29, 0.717) is 45.0 Å². The Balaban J connectivity index is 1.45. The van der Waals surface area contributed by atoms with Crippen molar-refractivity contribution < 1.29 is 31.1 Å². The third-order valence-corrected chi connectivity index (χ3v) is 7.13. The Hall–Kier alpha value is -2.63. The smallest absolute Gasteiger partial charge is 0.416 e. The molecule has 0 bridgehead atoms. The van der Waals surface area contributed by atoms with Crippen molar-refractivity contribution in [1.29, 1.82) is 0 Å². The van der Waals surface area contributed by atoms with Crippen LogP contribution in [0.2, 0.25) is 0 Å². The molecule has 0 unspecified atom stereocenters. The number of carbonyl (C=O) groups is 1. The first kappa shape index (κ1) is 24.0. The van der Waals surface area contributed by atoms with Crippen LogP contribution in [0.3, 0.4) is 0 Å². The number of halogens is 3. The van der Waals surface area contributed by atoms with Gasteiger partial charge in [-0.1, -0.05) is 0 Å². The summed E-state index contributed by atoms with van der Waals surface area (Å²) in [5.41, 5.74) is -0.662. The van der Waals surface area contributed by atoms with Crippen molar-refractivity contribution in [2.45, 2.75) is 11.1 Å². The number of piperazine rings is 1. The van der Waals surface area contributed by atoms with Crippen LogP contribution in [0.4, 0.5) is 13.2 Å². The lowest BCUT2D eigenvalue weighted by Crippen LogP contribution is -2.50. The van der Waals surface area contributed by atoms with Crippen molar-refractivity contribution in [3.05, 3.63) is 59.7 Å². The number of benzene rings is 2. The molecule has 1 aliphatic heterocycles. The molecule has 0 spiro atoms. The molecule has 0 saturated carbocycles. The first-order valence-corrected chi connectivity index (χ1v) is 11.4. The number of amides is 1. The second-order valence-corrected chi connectivity index (χ2v) is 9.19. The van der Waals surface area contributed by atoms with Gasteiger partial charge in [0.25, 0.3) is 5.91 Å². The fraction of sp³-hybridized carbons (Fsp3) is 0.381. The normalized spacial score (nSPS) is 16.0. The maximum absolute atomic E-state index is 12.8. The molecule has 11 heteroatoms. The minimum atomic E-state index is -4.45. The highest BCUT2D eigenvalue weighted by molar-refractivity contribution is 7.89. The number of alkyl halides is 3. The van der Waals surface area contributed by atoms with Crippen molar-refractivity contribution in [3.8, 4) is 5.75 Å². The van der Waals surface area contributed by atoms with Gasteiger partial charge in [0.1, 0.15) is 5.75 Å². The summed E-state index contributed by atoms with van der Waals surface area (Å²) < 4.78 is 69.8. The third-order valence-electron chi connectivity index (χ3n) is 5.22. The second kappa shape index (κ2) is 9.88. The molecule has 2 aromatic carbocycles. The van der Waals surface area contributed by atoms with Crippen molar-refractivity contribution >= 4 is 15.9 Å². The molecule has 0 radical (unpaired) electrons. The van der Waals surface area contributed by atoms with Gasteiger partial charge in [0, 0.05) is 44.8 Å². The van der Waals surface area contributed by atoms with Crippen LogP contribution in [0.5, 0.6) is 5.75 Å². The standard InChI is InChI=1S/C21H24F3N3O4S/c1-31-18-6-8-19(9-7-18)32(29,30)27-14-12-26(13-15-27)11-10-25-20(28)16-2-4-17(5-3-16)21(22,23)24/h2-9H,10-15H2,1H3,(H,25,28). The molecule has 1 amide bonds. The number of ether oxygens (including phenoxy) is 1. The first-order chi connectivity index (χ1) is 15.1. The minimum absolute atomic E-state index is 0.147. The van der Waals surface area contributed by atoms with Crippen LogP contribution in [-0.2, 0) is 16.2 Å². The number of carbonyl (C=O) groups excluding carboxylic acids is 1. The minimum Gasteiger partial charge on any atom is -0.497 e. The fourth-order valence-electron chi connectivity index (χ4n) is 3.33. The Morgan fingerprint density at radius 2 is 1.59 bits per heavy atom. The third kappa shape index (κ3) is 5.78. The van der Waals surface area contributed by atoms with E-state index in [4.69, 9.17) is 4.74 Å². The second-order valence-electron chi connectivity index (χ2n) is 7.25. The van der Waals surface area contributed by atoms with Crippen LogP contribution in [-0.4, -0.2) is 69.9 Å². The van der Waals surface area contributed by atoms with Gasteiger partial charge in [-0.15, -0.1) is 0 Å². The predicted octanol–water partition coefficient (Wildman–Crippen LogP) is 2.45. The zero-order valence-corrected chi connectivity index (χ0v) is 18.2. The number of sulfonamides is 1. The maximum Gasteiger partial charge on any atom is 0.416 e. The Morgan fingerprint density at radius 3 is 2.12 bits per heavy atom. The molecule has 2 aromatic rings. The summed E-state index contributed by atoms with van der Waals surface area (Å²) in [5.74, 6) is 0.117. The highest BCUT2D eigenvalue weighted by atomic mass is 32.2. The molecule has 1 heterocycles. The first-order valence-electron chi connectivity index (χ1n) is 9.93. The maximum atomic E-state index is 12.8. The van der Waals surface area contributed by atoms with E-state index in [2.05, 4.69) is 5.32 Å². The van der Waals surface area contributed by atoms with Crippen molar-refractivity contribution in [2.24, 2.45) is 0 Å². The monoisotopic (exact) mass is 471 g/mol. The SMILES string of the molecule is COc1ccc(S(=O)(=O)N2CCN(CCNC(=O)c3ccc(C(F)(F)F)cc3)CC2)cc1. The van der Waals surface area contributed by atoms with Gasteiger partial charge >= 0.3 is 6.18 Å². The van der Waals surface area contributed by atoms with Gasteiger partial charge in [-0.3, -0.25) is 9.69 Å². The Kier molecular flexibility index (Phi) is 7.42. The molecule has 1 saturated heterocycles. The number of hydrogen-bond acceptors (Lipinski definition) is 5. The van der Waals surface area contributed by atoms with Crippen LogP contribution in [0.25, 0.3) is 0 Å². The molecular weight excluding hydrogens is 447 g/mol. The zero-order chi connectivity index (χ0) is 23.4. The molecule has 1 N–H and O–H groups in total. The van der Waals surface area contributed by atoms with Gasteiger partial charge in [0.2, 0.25) is 10.0 Å². The molecule has 174 valence electrons. The topological polar surface area (TPSA) is 79.0 Å². The highest BCUT2D eigenvalue weighted by Crippen LogP contribution is 2.29. The summed E-state index contributed by atoms with van der Waals surface area (Å²) >= 11 is 0. The molecule has 0 aliphatic carbocycles. The van der Waals surface area contributed by atoms with E-state index >= 15 is 0 Å². The molecule has 0 aromatic heterocycles. The van der Waals surface area contributed by atoms with E-state index in [1.54, 1.807) is 12.1 Å². The van der Waals surface area contributed by atoms with Crippen LogP contribution in [0.15, 0.2) is 53.4 Å². The van der Waals surface area contributed by atoms with E-state index in [9.17, 15) is 26.4 Å². The van der Waals surface area contributed by atoms with Crippen molar-refractivity contribution in [2.75, 3.05) is 46.4 Å². The number of nitrogens with one attached hydrogen (secondary N) is 1.